The molecule has 0 aromatic rings. The zero-order chi connectivity index (χ0) is 11.5. The molecule has 16 heavy (non-hydrogen) atoms. The van der Waals surface area contributed by atoms with E-state index in [1.54, 1.807) is 0 Å². The molecule has 0 aromatic heterocycles. The van der Waals surface area contributed by atoms with Gasteiger partial charge in [0.2, 0.25) is 5.91 Å². The fraction of sp³-hybridized carbons (Fsp3) is 0.923. The molecule has 2 heterocycles. The highest BCUT2D eigenvalue weighted by Crippen LogP contribution is 2.24. The lowest BCUT2D eigenvalue weighted by Gasteiger charge is -2.32. The average molecular weight is 224 g/mol. The molecule has 0 spiro atoms. The van der Waals surface area contributed by atoms with Crippen LogP contribution in [0.3, 0.4) is 0 Å². The van der Waals surface area contributed by atoms with Gasteiger partial charge in [0.05, 0.1) is 5.92 Å². The van der Waals surface area contributed by atoms with E-state index in [9.17, 15) is 4.79 Å². The summed E-state index contributed by atoms with van der Waals surface area (Å²) in [6.45, 7) is 6.26. The molecule has 92 valence electrons. The summed E-state index contributed by atoms with van der Waals surface area (Å²) in [4.78, 5) is 14.5. The van der Waals surface area contributed by atoms with Gasteiger partial charge in [-0.3, -0.25) is 4.79 Å². The fourth-order valence-electron chi connectivity index (χ4n) is 2.99. The molecule has 0 radical (unpaired) electrons. The van der Waals surface area contributed by atoms with Crippen LogP contribution >= 0.6 is 0 Å². The highest BCUT2D eigenvalue weighted by atomic mass is 16.2. The van der Waals surface area contributed by atoms with Gasteiger partial charge in [-0.25, -0.2) is 0 Å². The van der Waals surface area contributed by atoms with Gasteiger partial charge in [-0.05, 0) is 39.0 Å². The van der Waals surface area contributed by atoms with Crippen LogP contribution in [0.2, 0.25) is 0 Å². The zero-order valence-corrected chi connectivity index (χ0v) is 10.5. The third kappa shape index (κ3) is 2.40. The maximum Gasteiger partial charge on any atom is 0.227 e. The number of nitrogens with zero attached hydrogens (tertiary/aromatic N) is 1. The summed E-state index contributed by atoms with van der Waals surface area (Å²) in [7, 11) is 0. The molecule has 2 aliphatic rings. The van der Waals surface area contributed by atoms with Crippen molar-refractivity contribution in [3.63, 3.8) is 0 Å². The number of nitrogens with one attached hydrogen (secondary N) is 1. The zero-order valence-electron chi connectivity index (χ0n) is 10.5. The molecule has 3 unspecified atom stereocenters. The molecule has 2 saturated heterocycles. The molecule has 1 N–H and O–H groups in total. The predicted octanol–water partition coefficient (Wildman–Crippen LogP) is 1.78. The van der Waals surface area contributed by atoms with Crippen molar-refractivity contribution in [2.24, 2.45) is 5.92 Å². The first-order valence-electron chi connectivity index (χ1n) is 6.76. The number of rotatable bonds is 2. The lowest BCUT2D eigenvalue weighted by Crippen LogP contribution is -2.47. The highest BCUT2D eigenvalue weighted by Gasteiger charge is 2.33. The van der Waals surface area contributed by atoms with Gasteiger partial charge in [0, 0.05) is 25.2 Å². The molecule has 2 fully saturated rings. The second-order valence-corrected chi connectivity index (χ2v) is 5.32. The molecule has 1 amide bonds. The van der Waals surface area contributed by atoms with Crippen molar-refractivity contribution in [2.45, 2.75) is 58.0 Å². The number of amides is 1. The van der Waals surface area contributed by atoms with Crippen LogP contribution in [0.15, 0.2) is 0 Å². The Bertz CT molecular complexity index is 246. The summed E-state index contributed by atoms with van der Waals surface area (Å²) < 4.78 is 0. The summed E-state index contributed by atoms with van der Waals surface area (Å²) in [6, 6.07) is 1.11. The lowest BCUT2D eigenvalue weighted by molar-refractivity contribution is -0.137. The van der Waals surface area contributed by atoms with E-state index in [0.717, 1.165) is 32.4 Å². The van der Waals surface area contributed by atoms with E-state index in [1.165, 1.54) is 12.8 Å². The van der Waals surface area contributed by atoms with Crippen LogP contribution in [0.25, 0.3) is 0 Å². The fourth-order valence-corrected chi connectivity index (χ4v) is 2.99. The van der Waals surface area contributed by atoms with Crippen molar-refractivity contribution in [1.29, 1.82) is 0 Å². The van der Waals surface area contributed by atoms with Gasteiger partial charge in [0.25, 0.3) is 0 Å². The highest BCUT2D eigenvalue weighted by molar-refractivity contribution is 5.79. The molecule has 3 atom stereocenters. The maximum absolute atomic E-state index is 12.4. The van der Waals surface area contributed by atoms with E-state index in [0.29, 0.717) is 18.0 Å². The molecule has 2 aliphatic heterocycles. The minimum absolute atomic E-state index is 0.239. The van der Waals surface area contributed by atoms with Crippen LogP contribution in [-0.4, -0.2) is 36.0 Å². The smallest absolute Gasteiger partial charge is 0.227 e. The lowest BCUT2D eigenvalue weighted by atomic mass is 9.94. The maximum atomic E-state index is 12.4. The number of carbonyl (C=O) groups excluding carboxylic acids is 1. The minimum Gasteiger partial charge on any atom is -0.339 e. The van der Waals surface area contributed by atoms with Crippen molar-refractivity contribution in [3.05, 3.63) is 0 Å². The van der Waals surface area contributed by atoms with Crippen molar-refractivity contribution >= 4 is 5.91 Å². The van der Waals surface area contributed by atoms with Crippen molar-refractivity contribution < 1.29 is 4.79 Å². The monoisotopic (exact) mass is 224 g/mol. The first kappa shape index (κ1) is 11.9. The number of carbonyl (C=O) groups is 1. The Morgan fingerprint density at radius 3 is 2.81 bits per heavy atom. The second kappa shape index (κ2) is 5.17. The normalized spacial score (nSPS) is 35.4. The SMILES string of the molecule is CCC1CCCN1C(=O)C1CCC(C)NC1. The van der Waals surface area contributed by atoms with E-state index >= 15 is 0 Å². The molecule has 0 saturated carbocycles. The summed E-state index contributed by atoms with van der Waals surface area (Å²) in [5.74, 6) is 0.645. The standard InChI is InChI=1S/C13H24N2O/c1-3-12-5-4-8-15(12)13(16)11-7-6-10(2)14-9-11/h10-12,14H,3-9H2,1-2H3. The van der Waals surface area contributed by atoms with Crippen molar-refractivity contribution in [3.8, 4) is 0 Å². The quantitative estimate of drug-likeness (QED) is 0.775. The van der Waals surface area contributed by atoms with Crippen molar-refractivity contribution in [1.82, 2.24) is 10.2 Å². The number of piperidine rings is 1. The number of likely N-dealkylation sites (tertiary alicyclic amines) is 1. The van der Waals surface area contributed by atoms with Gasteiger partial charge >= 0.3 is 0 Å². The van der Waals surface area contributed by atoms with Crippen LogP contribution in [-0.2, 0) is 4.79 Å². The Balaban J connectivity index is 1.91. The van der Waals surface area contributed by atoms with Gasteiger partial charge in [0.15, 0.2) is 0 Å². The molecule has 0 aromatic carbocycles. The Morgan fingerprint density at radius 1 is 1.38 bits per heavy atom. The molecule has 0 aliphatic carbocycles. The first-order chi connectivity index (χ1) is 7.72. The van der Waals surface area contributed by atoms with Gasteiger partial charge in [-0.2, -0.15) is 0 Å². The Morgan fingerprint density at radius 2 is 2.19 bits per heavy atom. The van der Waals surface area contributed by atoms with E-state index < -0.39 is 0 Å². The van der Waals surface area contributed by atoms with E-state index in [-0.39, 0.29) is 5.92 Å². The molecular weight excluding hydrogens is 200 g/mol. The number of hydrogen-bond acceptors (Lipinski definition) is 2. The number of hydrogen-bond donors (Lipinski definition) is 1. The van der Waals surface area contributed by atoms with Crippen LogP contribution in [0, 0.1) is 5.92 Å². The second-order valence-electron chi connectivity index (χ2n) is 5.32. The first-order valence-corrected chi connectivity index (χ1v) is 6.76. The molecular formula is C13H24N2O. The van der Waals surface area contributed by atoms with Gasteiger partial charge in [-0.1, -0.05) is 6.92 Å². The summed E-state index contributed by atoms with van der Waals surface area (Å²) in [5, 5.41) is 3.42. The van der Waals surface area contributed by atoms with Crippen LogP contribution in [0.4, 0.5) is 0 Å². The van der Waals surface area contributed by atoms with E-state index in [1.807, 2.05) is 0 Å². The Kier molecular flexibility index (Phi) is 3.85. The van der Waals surface area contributed by atoms with Crippen LogP contribution in [0.5, 0.6) is 0 Å². The Labute approximate surface area is 98.6 Å². The summed E-state index contributed by atoms with van der Waals surface area (Å²) >= 11 is 0. The summed E-state index contributed by atoms with van der Waals surface area (Å²) in [5.41, 5.74) is 0. The molecule has 0 bridgehead atoms. The predicted molar refractivity (Wildman–Crippen MR) is 65.2 cm³/mol. The van der Waals surface area contributed by atoms with Crippen molar-refractivity contribution in [2.75, 3.05) is 13.1 Å². The van der Waals surface area contributed by atoms with Gasteiger partial charge in [0.1, 0.15) is 0 Å². The topological polar surface area (TPSA) is 32.3 Å². The van der Waals surface area contributed by atoms with Crippen LogP contribution in [0.1, 0.15) is 46.0 Å². The molecule has 3 nitrogen and oxygen atoms in total. The third-order valence-electron chi connectivity index (χ3n) is 4.14. The Hall–Kier alpha value is -0.570. The van der Waals surface area contributed by atoms with Crippen LogP contribution < -0.4 is 5.32 Å². The minimum atomic E-state index is 0.239. The third-order valence-corrected chi connectivity index (χ3v) is 4.14. The largest absolute Gasteiger partial charge is 0.339 e. The van der Waals surface area contributed by atoms with E-state index in [2.05, 4.69) is 24.1 Å². The molecule has 3 heteroatoms. The van der Waals surface area contributed by atoms with Gasteiger partial charge < -0.3 is 10.2 Å². The summed E-state index contributed by atoms with van der Waals surface area (Å²) in [6.07, 6.45) is 5.73. The molecule has 2 rings (SSSR count). The average Bonchev–Trinajstić information content (AvgIpc) is 2.77. The van der Waals surface area contributed by atoms with E-state index in [4.69, 9.17) is 0 Å². The van der Waals surface area contributed by atoms with Gasteiger partial charge in [-0.15, -0.1) is 0 Å².